The van der Waals surface area contributed by atoms with Crippen molar-refractivity contribution in [3.05, 3.63) is 38.9 Å². The molecule has 0 aromatic heterocycles. The van der Waals surface area contributed by atoms with Crippen molar-refractivity contribution in [3.8, 4) is 0 Å². The summed E-state index contributed by atoms with van der Waals surface area (Å²) in [4.78, 5) is 10.6. The zero-order valence-electron chi connectivity index (χ0n) is 9.92. The van der Waals surface area contributed by atoms with Gasteiger partial charge in [0.05, 0.1) is 4.92 Å². The van der Waals surface area contributed by atoms with Crippen molar-refractivity contribution >= 4 is 5.69 Å². The quantitative estimate of drug-likeness (QED) is 0.522. The fourth-order valence-electron chi connectivity index (χ4n) is 1.46. The van der Waals surface area contributed by atoms with Crippen LogP contribution in [0.15, 0.2) is 12.1 Å². The maximum Gasteiger partial charge on any atom is 0.272 e. The largest absolute Gasteiger partial charge is 0.272 e. The molecule has 3 nitrogen and oxygen atoms in total. The molecule has 1 rings (SSSR count). The Morgan fingerprint density at radius 1 is 1.20 bits per heavy atom. The lowest BCUT2D eigenvalue weighted by Gasteiger charge is -2.20. The van der Waals surface area contributed by atoms with Crippen LogP contribution in [-0.2, 0) is 5.41 Å². The lowest BCUT2D eigenvalue weighted by Crippen LogP contribution is -2.12. The number of hydrogen-bond acceptors (Lipinski definition) is 2. The molecule has 0 N–H and O–H groups in total. The zero-order chi connectivity index (χ0) is 11.8. The predicted molar refractivity (Wildman–Crippen MR) is 61.3 cm³/mol. The Hall–Kier alpha value is -1.38. The number of aryl methyl sites for hydroxylation is 1. The van der Waals surface area contributed by atoms with Gasteiger partial charge in [-0.25, -0.2) is 0 Å². The summed E-state index contributed by atoms with van der Waals surface area (Å²) < 4.78 is 0. The van der Waals surface area contributed by atoms with Crippen LogP contribution in [0.1, 0.15) is 37.5 Å². The van der Waals surface area contributed by atoms with Gasteiger partial charge < -0.3 is 0 Å². The topological polar surface area (TPSA) is 43.1 Å². The number of nitro benzene ring substituents is 1. The first-order chi connectivity index (χ1) is 6.73. The van der Waals surface area contributed by atoms with E-state index >= 15 is 0 Å². The predicted octanol–water partition coefficient (Wildman–Crippen LogP) is 3.51. The van der Waals surface area contributed by atoms with Crippen molar-refractivity contribution in [2.75, 3.05) is 0 Å². The van der Waals surface area contributed by atoms with Crippen LogP contribution in [0.25, 0.3) is 0 Å². The summed E-state index contributed by atoms with van der Waals surface area (Å²) >= 11 is 0. The number of nitro groups is 1. The fraction of sp³-hybridized carbons (Fsp3) is 0.500. The third kappa shape index (κ3) is 2.35. The SMILES string of the molecule is Cc1cc(C(C)(C)C)cc([N+](=O)[O-])c1C. The number of hydrogen-bond donors (Lipinski definition) is 0. The van der Waals surface area contributed by atoms with Gasteiger partial charge in [-0.05, 0) is 30.4 Å². The van der Waals surface area contributed by atoms with E-state index in [-0.39, 0.29) is 16.0 Å². The maximum atomic E-state index is 10.9. The van der Waals surface area contributed by atoms with Gasteiger partial charge in [0.25, 0.3) is 5.69 Å². The molecule has 0 bridgehead atoms. The van der Waals surface area contributed by atoms with E-state index in [1.54, 1.807) is 13.0 Å². The van der Waals surface area contributed by atoms with E-state index in [0.29, 0.717) is 0 Å². The smallest absolute Gasteiger partial charge is 0.258 e. The van der Waals surface area contributed by atoms with Crippen molar-refractivity contribution < 1.29 is 4.92 Å². The van der Waals surface area contributed by atoms with Gasteiger partial charge in [-0.2, -0.15) is 0 Å². The number of benzene rings is 1. The molecule has 0 aliphatic rings. The molecule has 0 amide bonds. The molecule has 0 aliphatic heterocycles. The average molecular weight is 207 g/mol. The van der Waals surface area contributed by atoms with Crippen molar-refractivity contribution in [3.63, 3.8) is 0 Å². The molecule has 0 radical (unpaired) electrons. The van der Waals surface area contributed by atoms with Gasteiger partial charge >= 0.3 is 0 Å². The van der Waals surface area contributed by atoms with Crippen LogP contribution >= 0.6 is 0 Å². The molecule has 1 aromatic rings. The standard InChI is InChI=1S/C12H17NO2/c1-8-6-10(12(3,4)5)7-11(9(8)2)13(14)15/h6-7H,1-5H3. The summed E-state index contributed by atoms with van der Waals surface area (Å²) in [5, 5.41) is 10.9. The Morgan fingerprint density at radius 3 is 2.13 bits per heavy atom. The van der Waals surface area contributed by atoms with Crippen LogP contribution in [0.3, 0.4) is 0 Å². The minimum atomic E-state index is -0.308. The summed E-state index contributed by atoms with van der Waals surface area (Å²) in [6.07, 6.45) is 0. The second kappa shape index (κ2) is 3.65. The third-order valence-electron chi connectivity index (χ3n) is 2.70. The van der Waals surface area contributed by atoms with Crippen molar-refractivity contribution in [2.45, 2.75) is 40.0 Å². The van der Waals surface area contributed by atoms with E-state index in [1.165, 1.54) is 0 Å². The molecular formula is C12H17NO2. The van der Waals surface area contributed by atoms with Crippen molar-refractivity contribution in [1.29, 1.82) is 0 Å². The normalized spacial score (nSPS) is 11.5. The molecule has 0 atom stereocenters. The molecule has 0 saturated carbocycles. The highest BCUT2D eigenvalue weighted by Gasteiger charge is 2.20. The number of rotatable bonds is 1. The molecule has 0 saturated heterocycles. The monoisotopic (exact) mass is 207 g/mol. The van der Waals surface area contributed by atoms with Gasteiger partial charge in [0.15, 0.2) is 0 Å². The molecule has 0 fully saturated rings. The van der Waals surface area contributed by atoms with Crippen LogP contribution in [0, 0.1) is 24.0 Å². The molecule has 0 unspecified atom stereocenters. The summed E-state index contributed by atoms with van der Waals surface area (Å²) in [5.74, 6) is 0. The third-order valence-corrected chi connectivity index (χ3v) is 2.70. The number of nitrogens with zero attached hydrogens (tertiary/aromatic N) is 1. The van der Waals surface area contributed by atoms with Gasteiger partial charge in [-0.3, -0.25) is 10.1 Å². The molecule has 0 heterocycles. The minimum Gasteiger partial charge on any atom is -0.258 e. The summed E-state index contributed by atoms with van der Waals surface area (Å²) in [6.45, 7) is 9.87. The molecule has 3 heteroatoms. The molecule has 0 spiro atoms. The Kier molecular flexibility index (Phi) is 2.84. The molecule has 15 heavy (non-hydrogen) atoms. The van der Waals surface area contributed by atoms with Gasteiger partial charge in [-0.15, -0.1) is 0 Å². The second-order valence-electron chi connectivity index (χ2n) is 4.94. The highest BCUT2D eigenvalue weighted by atomic mass is 16.6. The first kappa shape index (κ1) is 11.7. The molecule has 82 valence electrons. The lowest BCUT2D eigenvalue weighted by atomic mass is 9.85. The fourth-order valence-corrected chi connectivity index (χ4v) is 1.46. The van der Waals surface area contributed by atoms with Gasteiger partial charge in [0.2, 0.25) is 0 Å². The average Bonchev–Trinajstić information content (AvgIpc) is 2.06. The highest BCUT2D eigenvalue weighted by molar-refractivity contribution is 5.48. The zero-order valence-corrected chi connectivity index (χ0v) is 9.92. The molecule has 1 aromatic carbocycles. The van der Waals surface area contributed by atoms with Crippen molar-refractivity contribution in [1.82, 2.24) is 0 Å². The van der Waals surface area contributed by atoms with E-state index in [2.05, 4.69) is 20.8 Å². The van der Waals surface area contributed by atoms with E-state index < -0.39 is 0 Å². The maximum absolute atomic E-state index is 10.9. The summed E-state index contributed by atoms with van der Waals surface area (Å²) in [5.41, 5.74) is 2.92. The van der Waals surface area contributed by atoms with E-state index in [4.69, 9.17) is 0 Å². The summed E-state index contributed by atoms with van der Waals surface area (Å²) in [6, 6.07) is 3.71. The Balaban J connectivity index is 3.43. The van der Waals surface area contributed by atoms with Crippen LogP contribution in [0.2, 0.25) is 0 Å². The van der Waals surface area contributed by atoms with Crippen LogP contribution in [0.4, 0.5) is 5.69 Å². The van der Waals surface area contributed by atoms with Crippen LogP contribution < -0.4 is 0 Å². The minimum absolute atomic E-state index is 0.0524. The summed E-state index contributed by atoms with van der Waals surface area (Å²) in [7, 11) is 0. The van der Waals surface area contributed by atoms with Gasteiger partial charge in [0, 0.05) is 11.6 Å². The Morgan fingerprint density at radius 2 is 1.73 bits per heavy atom. The Bertz CT molecular complexity index is 403. The highest BCUT2D eigenvalue weighted by Crippen LogP contribution is 2.30. The van der Waals surface area contributed by atoms with Crippen LogP contribution in [0.5, 0.6) is 0 Å². The van der Waals surface area contributed by atoms with Gasteiger partial charge in [0.1, 0.15) is 0 Å². The first-order valence-corrected chi connectivity index (χ1v) is 4.99. The first-order valence-electron chi connectivity index (χ1n) is 4.99. The molecule has 0 aliphatic carbocycles. The van der Waals surface area contributed by atoms with E-state index in [9.17, 15) is 10.1 Å². The van der Waals surface area contributed by atoms with Gasteiger partial charge in [-0.1, -0.05) is 26.8 Å². The van der Waals surface area contributed by atoms with Crippen molar-refractivity contribution in [2.24, 2.45) is 0 Å². The van der Waals surface area contributed by atoms with Crippen LogP contribution in [-0.4, -0.2) is 4.92 Å². The molecular weight excluding hydrogens is 190 g/mol. The lowest BCUT2D eigenvalue weighted by molar-refractivity contribution is -0.385. The second-order valence-corrected chi connectivity index (χ2v) is 4.94. The van der Waals surface area contributed by atoms with E-state index in [0.717, 1.165) is 16.7 Å². The van der Waals surface area contributed by atoms with E-state index in [1.807, 2.05) is 13.0 Å². The Labute approximate surface area is 90.3 Å².